The molecule has 0 radical (unpaired) electrons. The monoisotopic (exact) mass is 360 g/mol. The minimum absolute atomic E-state index is 0.179. The third kappa shape index (κ3) is 4.07. The summed E-state index contributed by atoms with van der Waals surface area (Å²) in [6.45, 7) is 0.340. The van der Waals surface area contributed by atoms with Gasteiger partial charge in [0.2, 0.25) is 0 Å². The van der Waals surface area contributed by atoms with E-state index in [1.165, 1.54) is 6.07 Å². The summed E-state index contributed by atoms with van der Waals surface area (Å²) in [5.74, 6) is 2.33. The maximum absolute atomic E-state index is 9.24. The molecule has 0 fully saturated rings. The van der Waals surface area contributed by atoms with Gasteiger partial charge in [0.25, 0.3) is 5.88 Å². The number of rotatable bonds is 6. The fourth-order valence-corrected chi connectivity index (χ4v) is 2.50. The molecule has 1 N–H and O–H groups in total. The van der Waals surface area contributed by atoms with Crippen LogP contribution in [-0.4, -0.2) is 15.2 Å². The zero-order chi connectivity index (χ0) is 18.5. The van der Waals surface area contributed by atoms with Gasteiger partial charge in [-0.15, -0.1) is 0 Å². The fourth-order valence-electron chi connectivity index (χ4n) is 2.50. The Morgan fingerprint density at radius 2 is 1.70 bits per heavy atom. The quantitative estimate of drug-likeness (QED) is 0.531. The van der Waals surface area contributed by atoms with Gasteiger partial charge < -0.3 is 19.1 Å². The molecule has 0 spiro atoms. The molecule has 2 aromatic carbocycles. The highest BCUT2D eigenvalue weighted by molar-refractivity contribution is 5.53. The molecule has 0 atom stereocenters. The van der Waals surface area contributed by atoms with Crippen LogP contribution >= 0.6 is 0 Å². The molecule has 6 nitrogen and oxygen atoms in total. The first kappa shape index (κ1) is 16.7. The Kier molecular flexibility index (Phi) is 4.70. The zero-order valence-electron chi connectivity index (χ0n) is 14.3. The van der Waals surface area contributed by atoms with Crippen molar-refractivity contribution in [1.82, 2.24) is 10.1 Å². The lowest BCUT2D eigenvalue weighted by Crippen LogP contribution is -1.99. The summed E-state index contributed by atoms with van der Waals surface area (Å²) in [5.41, 5.74) is 1.48. The van der Waals surface area contributed by atoms with Crippen molar-refractivity contribution in [2.75, 3.05) is 0 Å². The molecule has 4 aromatic rings. The van der Waals surface area contributed by atoms with Crippen molar-refractivity contribution in [3.05, 3.63) is 84.6 Å². The number of pyridine rings is 1. The molecular weight excluding hydrogens is 344 g/mol. The molecule has 6 heteroatoms. The summed E-state index contributed by atoms with van der Waals surface area (Å²) in [4.78, 5) is 4.26. The Balaban J connectivity index is 1.44. The van der Waals surface area contributed by atoms with E-state index in [9.17, 15) is 5.11 Å². The van der Waals surface area contributed by atoms with E-state index in [0.29, 0.717) is 23.8 Å². The molecule has 0 unspecified atom stereocenters. The van der Waals surface area contributed by atoms with Crippen molar-refractivity contribution in [1.29, 1.82) is 0 Å². The van der Waals surface area contributed by atoms with E-state index in [0.717, 1.165) is 17.1 Å². The van der Waals surface area contributed by atoms with Crippen molar-refractivity contribution in [2.24, 2.45) is 0 Å². The predicted octanol–water partition coefficient (Wildman–Crippen LogP) is 4.81. The second kappa shape index (κ2) is 7.61. The Hall–Kier alpha value is -3.80. The third-order valence-electron chi connectivity index (χ3n) is 3.82. The molecule has 4 rings (SSSR count). The van der Waals surface area contributed by atoms with E-state index in [1.54, 1.807) is 18.3 Å². The van der Waals surface area contributed by atoms with Gasteiger partial charge in [-0.05, 0) is 35.5 Å². The second-order valence-electron chi connectivity index (χ2n) is 5.74. The molecule has 2 aromatic heterocycles. The highest BCUT2D eigenvalue weighted by atomic mass is 16.5. The first-order valence-electron chi connectivity index (χ1n) is 8.34. The normalized spacial score (nSPS) is 10.5. The topological polar surface area (TPSA) is 77.6 Å². The van der Waals surface area contributed by atoms with E-state index in [4.69, 9.17) is 14.0 Å². The SMILES string of the molecule is Oc1cc(-c2ccc(OCc3ccccc3Oc3ccccc3)cn2)on1. The maximum atomic E-state index is 9.24. The number of aromatic nitrogens is 2. The van der Waals surface area contributed by atoms with Crippen LogP contribution in [0.1, 0.15) is 5.56 Å². The van der Waals surface area contributed by atoms with Crippen molar-refractivity contribution in [2.45, 2.75) is 6.61 Å². The Bertz CT molecular complexity index is 1010. The molecular formula is C21H16N2O4. The van der Waals surface area contributed by atoms with Gasteiger partial charge in [0.05, 0.1) is 12.3 Å². The first-order valence-corrected chi connectivity index (χ1v) is 8.34. The molecule has 0 aliphatic rings. The minimum Gasteiger partial charge on any atom is -0.491 e. The number of aromatic hydroxyl groups is 1. The van der Waals surface area contributed by atoms with E-state index in [1.807, 2.05) is 54.6 Å². The summed E-state index contributed by atoms with van der Waals surface area (Å²) in [6.07, 6.45) is 1.59. The molecule has 0 bridgehead atoms. The highest BCUT2D eigenvalue weighted by Crippen LogP contribution is 2.27. The van der Waals surface area contributed by atoms with Crippen LogP contribution in [0.25, 0.3) is 11.5 Å². The smallest absolute Gasteiger partial charge is 0.252 e. The third-order valence-corrected chi connectivity index (χ3v) is 3.82. The Morgan fingerprint density at radius 1 is 0.889 bits per heavy atom. The largest absolute Gasteiger partial charge is 0.491 e. The number of ether oxygens (including phenoxy) is 2. The molecule has 0 amide bonds. The summed E-state index contributed by atoms with van der Waals surface area (Å²) in [5, 5.41) is 12.7. The van der Waals surface area contributed by atoms with Gasteiger partial charge in [-0.1, -0.05) is 36.4 Å². The second-order valence-corrected chi connectivity index (χ2v) is 5.74. The predicted molar refractivity (Wildman–Crippen MR) is 98.7 cm³/mol. The minimum atomic E-state index is -0.179. The first-order chi connectivity index (χ1) is 13.3. The van der Waals surface area contributed by atoms with Crippen LogP contribution in [0.5, 0.6) is 23.1 Å². The maximum Gasteiger partial charge on any atom is 0.252 e. The van der Waals surface area contributed by atoms with Gasteiger partial charge in [0.1, 0.15) is 29.5 Å². The van der Waals surface area contributed by atoms with Gasteiger partial charge in [-0.25, -0.2) is 4.98 Å². The molecule has 0 aliphatic carbocycles. The Labute approximate surface area is 155 Å². The molecule has 27 heavy (non-hydrogen) atoms. The highest BCUT2D eigenvalue weighted by Gasteiger charge is 2.09. The number of hydrogen-bond donors (Lipinski definition) is 1. The lowest BCUT2D eigenvalue weighted by atomic mass is 10.2. The molecule has 134 valence electrons. The van der Waals surface area contributed by atoms with Crippen LogP contribution in [0.15, 0.2) is 83.5 Å². The lowest BCUT2D eigenvalue weighted by molar-refractivity contribution is 0.299. The average Bonchev–Trinajstić information content (AvgIpc) is 3.15. The van der Waals surface area contributed by atoms with Crippen molar-refractivity contribution >= 4 is 0 Å². The average molecular weight is 360 g/mol. The summed E-state index contributed by atoms with van der Waals surface area (Å²) < 4.78 is 16.7. The van der Waals surface area contributed by atoms with Crippen LogP contribution in [0.3, 0.4) is 0 Å². The van der Waals surface area contributed by atoms with E-state index in [2.05, 4.69) is 10.1 Å². The van der Waals surface area contributed by atoms with Crippen molar-refractivity contribution in [3.8, 4) is 34.6 Å². The number of para-hydroxylation sites is 2. The lowest BCUT2D eigenvalue weighted by Gasteiger charge is -2.12. The summed E-state index contributed by atoms with van der Waals surface area (Å²) in [6, 6.07) is 22.2. The number of hydrogen-bond acceptors (Lipinski definition) is 6. The van der Waals surface area contributed by atoms with Gasteiger partial charge in [0.15, 0.2) is 5.76 Å². The fraction of sp³-hybridized carbons (Fsp3) is 0.0476. The molecule has 0 saturated carbocycles. The number of nitrogens with zero attached hydrogens (tertiary/aromatic N) is 2. The van der Waals surface area contributed by atoms with E-state index in [-0.39, 0.29) is 5.88 Å². The van der Waals surface area contributed by atoms with Crippen LogP contribution in [0.2, 0.25) is 0 Å². The van der Waals surface area contributed by atoms with Crippen LogP contribution in [-0.2, 0) is 6.61 Å². The molecule has 2 heterocycles. The molecule has 0 aliphatic heterocycles. The van der Waals surface area contributed by atoms with Gasteiger partial charge in [-0.3, -0.25) is 0 Å². The summed E-state index contributed by atoms with van der Waals surface area (Å²) >= 11 is 0. The van der Waals surface area contributed by atoms with E-state index < -0.39 is 0 Å². The van der Waals surface area contributed by atoms with E-state index >= 15 is 0 Å². The number of benzene rings is 2. The van der Waals surface area contributed by atoms with Crippen molar-refractivity contribution < 1.29 is 19.1 Å². The summed E-state index contributed by atoms with van der Waals surface area (Å²) in [7, 11) is 0. The van der Waals surface area contributed by atoms with Crippen LogP contribution < -0.4 is 9.47 Å². The van der Waals surface area contributed by atoms with Gasteiger partial charge >= 0.3 is 0 Å². The van der Waals surface area contributed by atoms with Crippen molar-refractivity contribution in [3.63, 3.8) is 0 Å². The van der Waals surface area contributed by atoms with Gasteiger partial charge in [0, 0.05) is 5.56 Å². The van der Waals surface area contributed by atoms with Crippen LogP contribution in [0.4, 0.5) is 0 Å². The zero-order valence-corrected chi connectivity index (χ0v) is 14.3. The van der Waals surface area contributed by atoms with Gasteiger partial charge in [-0.2, -0.15) is 0 Å². The standard InChI is InChI=1S/C21H16N2O4/c24-21-12-20(27-23-21)18-11-10-17(13-22-18)25-14-15-6-4-5-9-19(15)26-16-7-2-1-3-8-16/h1-13H,14H2,(H,23,24). The Morgan fingerprint density at radius 3 is 2.44 bits per heavy atom. The molecule has 0 saturated heterocycles. The van der Waals surface area contributed by atoms with Crippen LogP contribution in [0, 0.1) is 0 Å².